The van der Waals surface area contributed by atoms with Gasteiger partial charge in [0.05, 0.1) is 17.1 Å². The second kappa shape index (κ2) is 10.8. The zero-order chi connectivity index (χ0) is 24.0. The molecule has 0 saturated carbocycles. The number of carbonyl (C=O) groups excluding carboxylic acids is 1. The average Bonchev–Trinajstić information content (AvgIpc) is 3.21. The topological polar surface area (TPSA) is 148 Å². The zero-order valence-electron chi connectivity index (χ0n) is 18.0. The molecule has 0 bridgehead atoms. The number of anilines is 2. The molecule has 3 aromatic rings. The molecule has 1 amide bonds. The van der Waals surface area contributed by atoms with Crippen molar-refractivity contribution in [2.24, 2.45) is 0 Å². The highest BCUT2D eigenvalue weighted by Crippen LogP contribution is 2.31. The molecule has 33 heavy (non-hydrogen) atoms. The number of hydrogen-bond acceptors (Lipinski definition) is 7. The largest absolute Gasteiger partial charge is 0.394 e. The van der Waals surface area contributed by atoms with E-state index in [0.717, 1.165) is 5.56 Å². The molecule has 0 radical (unpaired) electrons. The van der Waals surface area contributed by atoms with Gasteiger partial charge in [-0.15, -0.1) is 0 Å². The first-order chi connectivity index (χ1) is 15.8. The Morgan fingerprint density at radius 2 is 2.03 bits per heavy atom. The summed E-state index contributed by atoms with van der Waals surface area (Å²) >= 11 is 6.37. The summed E-state index contributed by atoms with van der Waals surface area (Å²) in [7, 11) is 0. The fourth-order valence-corrected chi connectivity index (χ4v) is 3.50. The van der Waals surface area contributed by atoms with Crippen LogP contribution in [0.1, 0.15) is 23.7 Å². The summed E-state index contributed by atoms with van der Waals surface area (Å²) in [6.07, 6.45) is 4.30. The predicted molar refractivity (Wildman–Crippen MR) is 127 cm³/mol. The molecule has 0 aliphatic carbocycles. The van der Waals surface area contributed by atoms with Gasteiger partial charge in [-0.1, -0.05) is 29.8 Å². The van der Waals surface area contributed by atoms with Gasteiger partial charge in [0.2, 0.25) is 5.82 Å². The quantitative estimate of drug-likeness (QED) is 0.201. The lowest BCUT2D eigenvalue weighted by molar-refractivity contribution is -0.384. The maximum Gasteiger partial charge on any atom is 0.311 e. The summed E-state index contributed by atoms with van der Waals surface area (Å²) in [5.41, 5.74) is 7.28. The molecule has 1 atom stereocenters. The van der Waals surface area contributed by atoms with Crippen LogP contribution < -0.4 is 16.4 Å². The highest BCUT2D eigenvalue weighted by molar-refractivity contribution is 6.33. The molecule has 2 heterocycles. The molecular weight excluding hydrogens is 448 g/mol. The number of carbonyl (C=O) groups is 1. The highest BCUT2D eigenvalue weighted by atomic mass is 35.5. The second-order valence-corrected chi connectivity index (χ2v) is 7.91. The SMILES string of the molecule is C[C@@H](CO)NC(=O)c1cn(CCCNc2ccc([N+](=O)[O-])c(N)n2)cc1-c1ccccc1Cl. The van der Waals surface area contributed by atoms with Crippen molar-refractivity contribution in [3.8, 4) is 11.1 Å². The molecule has 0 spiro atoms. The highest BCUT2D eigenvalue weighted by Gasteiger charge is 2.19. The molecule has 0 saturated heterocycles. The number of aryl methyl sites for hydroxylation is 1. The maximum atomic E-state index is 12.8. The van der Waals surface area contributed by atoms with Gasteiger partial charge in [0.1, 0.15) is 5.82 Å². The minimum Gasteiger partial charge on any atom is -0.394 e. The molecule has 2 aromatic heterocycles. The number of nitrogens with one attached hydrogen (secondary N) is 2. The van der Waals surface area contributed by atoms with Crippen molar-refractivity contribution in [3.05, 3.63) is 69.5 Å². The summed E-state index contributed by atoms with van der Waals surface area (Å²) in [6, 6.07) is 9.71. The zero-order valence-corrected chi connectivity index (χ0v) is 18.7. The van der Waals surface area contributed by atoms with Crippen LogP contribution in [-0.2, 0) is 6.54 Å². The molecule has 3 rings (SSSR count). The van der Waals surface area contributed by atoms with Gasteiger partial charge in [-0.05, 0) is 25.5 Å². The molecule has 10 nitrogen and oxygen atoms in total. The molecule has 11 heteroatoms. The third-order valence-electron chi connectivity index (χ3n) is 4.94. The van der Waals surface area contributed by atoms with Crippen LogP contribution in [-0.4, -0.2) is 44.7 Å². The number of halogens is 1. The van der Waals surface area contributed by atoms with Gasteiger partial charge in [0.15, 0.2) is 0 Å². The second-order valence-electron chi connectivity index (χ2n) is 7.50. The lowest BCUT2D eigenvalue weighted by Crippen LogP contribution is -2.35. The summed E-state index contributed by atoms with van der Waals surface area (Å²) in [5, 5.41) is 26.5. The molecule has 0 fully saturated rings. The average molecular weight is 473 g/mol. The van der Waals surface area contributed by atoms with Crippen LogP contribution in [0.5, 0.6) is 0 Å². The van der Waals surface area contributed by atoms with E-state index in [-0.39, 0.29) is 30.1 Å². The molecule has 1 aromatic carbocycles. The molecule has 174 valence electrons. The maximum absolute atomic E-state index is 12.8. The Bertz CT molecular complexity index is 1150. The number of pyridine rings is 1. The van der Waals surface area contributed by atoms with E-state index in [2.05, 4.69) is 15.6 Å². The molecule has 0 aliphatic rings. The van der Waals surface area contributed by atoms with E-state index in [0.29, 0.717) is 41.5 Å². The van der Waals surface area contributed by atoms with Crippen molar-refractivity contribution in [2.75, 3.05) is 24.2 Å². The van der Waals surface area contributed by atoms with Gasteiger partial charge >= 0.3 is 5.69 Å². The Hall–Kier alpha value is -3.63. The van der Waals surface area contributed by atoms with Gasteiger partial charge in [-0.3, -0.25) is 14.9 Å². The van der Waals surface area contributed by atoms with Gasteiger partial charge < -0.3 is 26.0 Å². The van der Waals surface area contributed by atoms with Crippen molar-refractivity contribution in [3.63, 3.8) is 0 Å². The standard InChI is InChI=1S/C22H25ClN6O4/c1-14(13-30)26-22(31)17-12-28(11-16(17)15-5-2-3-6-18(15)23)10-4-9-25-20-8-7-19(29(32)33)21(24)27-20/h2-3,5-8,11-12,14,30H,4,9-10,13H2,1H3,(H,26,31)(H3,24,25,27)/t14-/m0/s1. The minimum atomic E-state index is -0.580. The first-order valence-electron chi connectivity index (χ1n) is 10.3. The third-order valence-corrected chi connectivity index (χ3v) is 5.27. The van der Waals surface area contributed by atoms with Crippen molar-refractivity contribution in [1.29, 1.82) is 0 Å². The van der Waals surface area contributed by atoms with E-state index in [4.69, 9.17) is 17.3 Å². The lowest BCUT2D eigenvalue weighted by Gasteiger charge is -2.11. The molecular formula is C22H25ClN6O4. The van der Waals surface area contributed by atoms with Crippen LogP contribution in [0.25, 0.3) is 11.1 Å². The van der Waals surface area contributed by atoms with E-state index in [1.807, 2.05) is 29.0 Å². The van der Waals surface area contributed by atoms with Crippen molar-refractivity contribution in [2.45, 2.75) is 25.9 Å². The molecule has 0 aliphatic heterocycles. The Kier molecular flexibility index (Phi) is 7.86. The van der Waals surface area contributed by atoms with E-state index < -0.39 is 4.92 Å². The van der Waals surface area contributed by atoms with Gasteiger partial charge in [0.25, 0.3) is 5.91 Å². The summed E-state index contributed by atoms with van der Waals surface area (Å²) in [6.45, 7) is 2.68. The van der Waals surface area contributed by atoms with Crippen molar-refractivity contribution >= 4 is 34.8 Å². The predicted octanol–water partition coefficient (Wildman–Crippen LogP) is 3.31. The van der Waals surface area contributed by atoms with Crippen LogP contribution in [0.3, 0.4) is 0 Å². The minimum absolute atomic E-state index is 0.146. The van der Waals surface area contributed by atoms with Gasteiger partial charge in [-0.2, -0.15) is 0 Å². The monoisotopic (exact) mass is 472 g/mol. The van der Waals surface area contributed by atoms with Crippen LogP contribution in [0.15, 0.2) is 48.8 Å². The molecule has 5 N–H and O–H groups in total. The Balaban J connectivity index is 1.71. The van der Waals surface area contributed by atoms with E-state index in [1.165, 1.54) is 12.1 Å². The number of nitro groups is 1. The summed E-state index contributed by atoms with van der Waals surface area (Å²) < 4.78 is 1.90. The number of hydrogen-bond donors (Lipinski definition) is 4. The number of rotatable bonds is 10. The number of aromatic nitrogens is 2. The number of aliphatic hydroxyl groups excluding tert-OH is 1. The van der Waals surface area contributed by atoms with Crippen molar-refractivity contribution in [1.82, 2.24) is 14.9 Å². The lowest BCUT2D eigenvalue weighted by atomic mass is 10.0. The fraction of sp³-hybridized carbons (Fsp3) is 0.273. The van der Waals surface area contributed by atoms with Crippen LogP contribution in [0.4, 0.5) is 17.3 Å². The summed E-state index contributed by atoms with van der Waals surface area (Å²) in [5.74, 6) is 0.00173. The van der Waals surface area contributed by atoms with Gasteiger partial charge in [-0.25, -0.2) is 4.98 Å². The number of nitrogen functional groups attached to an aromatic ring is 1. The van der Waals surface area contributed by atoms with Crippen LogP contribution in [0.2, 0.25) is 5.02 Å². The summed E-state index contributed by atoms with van der Waals surface area (Å²) in [4.78, 5) is 27.1. The Labute approximate surface area is 195 Å². The number of aliphatic hydroxyl groups is 1. The first-order valence-corrected chi connectivity index (χ1v) is 10.7. The van der Waals surface area contributed by atoms with E-state index in [9.17, 15) is 20.0 Å². The Morgan fingerprint density at radius 3 is 2.70 bits per heavy atom. The fourth-order valence-electron chi connectivity index (χ4n) is 3.26. The smallest absolute Gasteiger partial charge is 0.311 e. The number of nitrogens with zero attached hydrogens (tertiary/aromatic N) is 3. The number of amides is 1. The van der Waals surface area contributed by atoms with Crippen molar-refractivity contribution < 1.29 is 14.8 Å². The van der Waals surface area contributed by atoms with Gasteiger partial charge in [0, 0.05) is 53.7 Å². The number of nitrogens with two attached hydrogens (primary N) is 1. The van der Waals surface area contributed by atoms with E-state index >= 15 is 0 Å². The number of benzene rings is 1. The normalized spacial score (nSPS) is 11.7. The third kappa shape index (κ3) is 5.99. The van der Waals surface area contributed by atoms with Crippen LogP contribution in [0, 0.1) is 10.1 Å². The first kappa shape index (κ1) is 24.0. The Morgan fingerprint density at radius 1 is 1.27 bits per heavy atom. The van der Waals surface area contributed by atoms with Crippen LogP contribution >= 0.6 is 11.6 Å². The molecule has 0 unspecified atom stereocenters. The van der Waals surface area contributed by atoms with E-state index in [1.54, 1.807) is 19.2 Å².